The second-order valence-electron chi connectivity index (χ2n) is 9.47. The fraction of sp³-hybridized carbons (Fsp3) is 0.233. The summed E-state index contributed by atoms with van der Waals surface area (Å²) in [6, 6.07) is 21.2. The van der Waals surface area contributed by atoms with Crippen molar-refractivity contribution in [1.82, 2.24) is 14.7 Å². The summed E-state index contributed by atoms with van der Waals surface area (Å²) in [6.45, 7) is 2.36. The Bertz CT molecular complexity index is 1410. The van der Waals surface area contributed by atoms with Crippen LogP contribution in [0.1, 0.15) is 43.6 Å². The molecule has 0 spiro atoms. The van der Waals surface area contributed by atoms with E-state index in [-0.39, 0.29) is 50.2 Å². The number of ether oxygens (including phenoxy) is 1. The van der Waals surface area contributed by atoms with Gasteiger partial charge in [-0.1, -0.05) is 48.5 Å². The highest BCUT2D eigenvalue weighted by Gasteiger charge is 2.44. The zero-order valence-electron chi connectivity index (χ0n) is 21.4. The van der Waals surface area contributed by atoms with Gasteiger partial charge in [0.25, 0.3) is 17.7 Å². The van der Waals surface area contributed by atoms with E-state index >= 15 is 0 Å². The minimum absolute atomic E-state index is 0.188. The molecular weight excluding hydrogens is 498 g/mol. The average molecular weight is 526 g/mol. The molecular formula is C30H27N3O6. The Hall–Kier alpha value is -4.79. The predicted molar refractivity (Wildman–Crippen MR) is 141 cm³/mol. The molecule has 3 aromatic rings. The zero-order valence-corrected chi connectivity index (χ0v) is 21.4. The van der Waals surface area contributed by atoms with Crippen molar-refractivity contribution in [2.75, 3.05) is 26.2 Å². The first kappa shape index (κ1) is 25.8. The highest BCUT2D eigenvalue weighted by Crippen LogP contribution is 2.27. The van der Waals surface area contributed by atoms with E-state index in [4.69, 9.17) is 4.74 Å². The van der Waals surface area contributed by atoms with Crippen molar-refractivity contribution in [3.05, 3.63) is 101 Å². The molecule has 1 fully saturated rings. The molecule has 0 aromatic heterocycles. The number of carbonyl (C=O) groups is 5. The van der Waals surface area contributed by atoms with Crippen LogP contribution in [0, 0.1) is 0 Å². The van der Waals surface area contributed by atoms with Crippen LogP contribution in [0.15, 0.2) is 78.9 Å². The number of esters is 1. The topological polar surface area (TPSA) is 104 Å². The van der Waals surface area contributed by atoms with Crippen molar-refractivity contribution in [2.45, 2.75) is 19.4 Å². The van der Waals surface area contributed by atoms with E-state index in [1.807, 2.05) is 30.3 Å². The lowest BCUT2D eigenvalue weighted by Gasteiger charge is -2.38. The molecule has 2 aliphatic rings. The summed E-state index contributed by atoms with van der Waals surface area (Å²) in [5, 5.41) is 0. The Labute approximate surface area is 225 Å². The number of imide groups is 1. The number of piperazine rings is 1. The van der Waals surface area contributed by atoms with Crippen LogP contribution in [0.4, 0.5) is 0 Å². The fourth-order valence-corrected chi connectivity index (χ4v) is 5.00. The van der Waals surface area contributed by atoms with Gasteiger partial charge in [0.2, 0.25) is 5.91 Å². The molecule has 4 amide bonds. The lowest BCUT2D eigenvalue weighted by molar-refractivity contribution is -0.137. The maximum absolute atomic E-state index is 13.9. The van der Waals surface area contributed by atoms with Gasteiger partial charge in [0.15, 0.2) is 0 Å². The third-order valence-electron chi connectivity index (χ3n) is 6.92. The summed E-state index contributed by atoms with van der Waals surface area (Å²) in [4.78, 5) is 69.1. The van der Waals surface area contributed by atoms with E-state index in [0.29, 0.717) is 16.7 Å². The van der Waals surface area contributed by atoms with Gasteiger partial charge in [0.1, 0.15) is 11.8 Å². The van der Waals surface area contributed by atoms with Crippen molar-refractivity contribution in [2.24, 2.45) is 0 Å². The summed E-state index contributed by atoms with van der Waals surface area (Å²) in [6.07, 6.45) is 0.188. The Morgan fingerprint density at radius 1 is 0.769 bits per heavy atom. The van der Waals surface area contributed by atoms with E-state index < -0.39 is 23.8 Å². The largest absolute Gasteiger partial charge is 0.427 e. The number of fused-ring (bicyclic) bond motifs is 1. The quantitative estimate of drug-likeness (QED) is 0.279. The SMILES string of the molecule is CC(=O)Oc1cccc(C(=O)N2CCN(C(=O)C(Cc3ccccc3)N3C(=O)c4ccccc4C3=O)CC2)c1. The molecule has 5 rings (SSSR count). The van der Waals surface area contributed by atoms with Crippen molar-refractivity contribution < 1.29 is 28.7 Å². The fourth-order valence-electron chi connectivity index (χ4n) is 5.00. The van der Waals surface area contributed by atoms with Crippen molar-refractivity contribution in [3.8, 4) is 5.75 Å². The molecule has 0 bridgehead atoms. The molecule has 0 N–H and O–H groups in total. The normalized spacial score (nSPS) is 15.7. The number of benzene rings is 3. The molecule has 0 saturated carbocycles. The first-order valence-corrected chi connectivity index (χ1v) is 12.7. The van der Waals surface area contributed by atoms with Crippen molar-refractivity contribution >= 4 is 29.6 Å². The van der Waals surface area contributed by atoms with Gasteiger partial charge in [-0.05, 0) is 35.9 Å². The molecule has 9 nitrogen and oxygen atoms in total. The second kappa shape index (κ2) is 10.9. The molecule has 2 heterocycles. The summed E-state index contributed by atoms with van der Waals surface area (Å²) in [5.41, 5.74) is 1.79. The van der Waals surface area contributed by atoms with E-state index in [2.05, 4.69) is 0 Å². The van der Waals surface area contributed by atoms with Gasteiger partial charge in [-0.2, -0.15) is 0 Å². The number of hydrogen-bond donors (Lipinski definition) is 0. The summed E-state index contributed by atoms with van der Waals surface area (Å²) in [7, 11) is 0. The number of hydrogen-bond acceptors (Lipinski definition) is 6. The molecule has 1 saturated heterocycles. The van der Waals surface area contributed by atoms with Gasteiger partial charge < -0.3 is 14.5 Å². The highest BCUT2D eigenvalue weighted by molar-refractivity contribution is 6.22. The first-order chi connectivity index (χ1) is 18.8. The van der Waals surface area contributed by atoms with Crippen LogP contribution >= 0.6 is 0 Å². The van der Waals surface area contributed by atoms with Crippen LogP contribution in [0.3, 0.4) is 0 Å². The minimum atomic E-state index is -1.01. The van der Waals surface area contributed by atoms with Gasteiger partial charge in [0.05, 0.1) is 11.1 Å². The standard InChI is InChI=1S/C30H27N3O6/c1-20(34)39-23-11-7-10-22(19-23)27(35)31-14-16-32(17-15-31)30(38)26(18-21-8-3-2-4-9-21)33-28(36)24-12-5-6-13-25(24)29(33)37/h2-13,19,26H,14-18H2,1H3. The van der Waals surface area contributed by atoms with Crippen LogP contribution in [0.2, 0.25) is 0 Å². The van der Waals surface area contributed by atoms with Gasteiger partial charge in [-0.3, -0.25) is 28.9 Å². The lowest BCUT2D eigenvalue weighted by atomic mass is 10.0. The molecule has 0 aliphatic carbocycles. The number of amides is 4. The van der Waals surface area contributed by atoms with Gasteiger partial charge in [0, 0.05) is 45.1 Å². The monoisotopic (exact) mass is 525 g/mol. The lowest BCUT2D eigenvalue weighted by Crippen LogP contribution is -2.57. The van der Waals surface area contributed by atoms with Crippen molar-refractivity contribution in [1.29, 1.82) is 0 Å². The number of rotatable bonds is 6. The third-order valence-corrected chi connectivity index (χ3v) is 6.92. The predicted octanol–water partition coefficient (Wildman–Crippen LogP) is 2.80. The molecule has 9 heteroatoms. The molecule has 2 aliphatic heterocycles. The smallest absolute Gasteiger partial charge is 0.308 e. The maximum atomic E-state index is 13.9. The average Bonchev–Trinajstić information content (AvgIpc) is 3.21. The molecule has 3 aromatic carbocycles. The Morgan fingerprint density at radius 2 is 1.36 bits per heavy atom. The Morgan fingerprint density at radius 3 is 1.97 bits per heavy atom. The van der Waals surface area contributed by atoms with E-state index in [9.17, 15) is 24.0 Å². The van der Waals surface area contributed by atoms with Gasteiger partial charge in [-0.25, -0.2) is 0 Å². The summed E-state index contributed by atoms with van der Waals surface area (Å²) >= 11 is 0. The van der Waals surface area contributed by atoms with E-state index in [1.165, 1.54) is 13.0 Å². The second-order valence-corrected chi connectivity index (χ2v) is 9.47. The van der Waals surface area contributed by atoms with E-state index in [0.717, 1.165) is 10.5 Å². The Kier molecular flexibility index (Phi) is 7.23. The van der Waals surface area contributed by atoms with Gasteiger partial charge in [-0.15, -0.1) is 0 Å². The minimum Gasteiger partial charge on any atom is -0.427 e. The molecule has 39 heavy (non-hydrogen) atoms. The molecule has 0 radical (unpaired) electrons. The number of carbonyl (C=O) groups excluding carboxylic acids is 5. The number of nitrogens with zero attached hydrogens (tertiary/aromatic N) is 3. The third kappa shape index (κ3) is 5.29. The summed E-state index contributed by atoms with van der Waals surface area (Å²) < 4.78 is 5.08. The molecule has 1 atom stereocenters. The maximum Gasteiger partial charge on any atom is 0.308 e. The Balaban J connectivity index is 1.32. The van der Waals surface area contributed by atoms with Crippen LogP contribution in [-0.4, -0.2) is 76.5 Å². The molecule has 1 unspecified atom stereocenters. The van der Waals surface area contributed by atoms with Crippen LogP contribution < -0.4 is 4.74 Å². The van der Waals surface area contributed by atoms with Crippen LogP contribution in [0.5, 0.6) is 5.75 Å². The molecule has 198 valence electrons. The zero-order chi connectivity index (χ0) is 27.5. The summed E-state index contributed by atoms with van der Waals surface area (Å²) in [5.74, 6) is -1.73. The van der Waals surface area contributed by atoms with Crippen LogP contribution in [0.25, 0.3) is 0 Å². The van der Waals surface area contributed by atoms with E-state index in [1.54, 1.807) is 52.3 Å². The van der Waals surface area contributed by atoms with Crippen LogP contribution in [-0.2, 0) is 16.0 Å². The highest BCUT2D eigenvalue weighted by atomic mass is 16.5. The van der Waals surface area contributed by atoms with Gasteiger partial charge >= 0.3 is 5.97 Å². The first-order valence-electron chi connectivity index (χ1n) is 12.7. The van der Waals surface area contributed by atoms with Crippen molar-refractivity contribution in [3.63, 3.8) is 0 Å².